The molecule has 0 fully saturated rings. The van der Waals surface area contributed by atoms with Crippen LogP contribution in [-0.4, -0.2) is 19.8 Å². The van der Waals surface area contributed by atoms with Crippen LogP contribution in [-0.2, 0) is 10.0 Å². The Morgan fingerprint density at radius 1 is 1.30 bits per heavy atom. The summed E-state index contributed by atoms with van der Waals surface area (Å²) >= 11 is 7.19. The summed E-state index contributed by atoms with van der Waals surface area (Å²) in [6.07, 6.45) is 1.78. The lowest BCUT2D eigenvalue weighted by atomic mass is 10.3. The third-order valence-corrected chi connectivity index (χ3v) is 4.68. The molecular weight excluding hydrogens is 358 g/mol. The maximum atomic E-state index is 11.3. The van der Waals surface area contributed by atoms with Crippen molar-refractivity contribution >= 4 is 44.2 Å². The summed E-state index contributed by atoms with van der Waals surface area (Å²) in [4.78, 5) is -0.165. The number of anilines is 1. The first kappa shape index (κ1) is 17.6. The van der Waals surface area contributed by atoms with Gasteiger partial charge in [-0.2, -0.15) is 0 Å². The molecule has 9 heteroatoms. The van der Waals surface area contributed by atoms with E-state index >= 15 is 0 Å². The van der Waals surface area contributed by atoms with Gasteiger partial charge in [0.05, 0.1) is 10.7 Å². The second-order valence-corrected chi connectivity index (χ2v) is 7.15. The number of hydrogen-bond donors (Lipinski definition) is 3. The molecule has 0 aromatic heterocycles. The zero-order valence-corrected chi connectivity index (χ0v) is 14.4. The summed E-state index contributed by atoms with van der Waals surface area (Å²) in [7, 11) is -3.88. The van der Waals surface area contributed by atoms with Crippen molar-refractivity contribution in [2.45, 2.75) is 4.90 Å². The van der Waals surface area contributed by atoms with E-state index in [0.29, 0.717) is 17.2 Å². The van der Waals surface area contributed by atoms with Crippen molar-refractivity contribution in [2.75, 3.05) is 11.6 Å². The minimum Gasteiger partial charge on any atom is -0.455 e. The molecule has 0 amide bonds. The van der Waals surface area contributed by atoms with Gasteiger partial charge in [-0.15, -0.1) is 0 Å². The Kier molecular flexibility index (Phi) is 5.53. The predicted molar refractivity (Wildman–Crippen MR) is 94.2 cm³/mol. The minimum atomic E-state index is -3.88. The van der Waals surface area contributed by atoms with Gasteiger partial charge in [0.2, 0.25) is 10.0 Å². The van der Waals surface area contributed by atoms with Gasteiger partial charge in [-0.05, 0) is 30.5 Å². The quantitative estimate of drug-likeness (QED) is 0.563. The van der Waals surface area contributed by atoms with Crippen molar-refractivity contribution < 1.29 is 13.2 Å². The van der Waals surface area contributed by atoms with E-state index in [1.54, 1.807) is 30.5 Å². The molecule has 4 N–H and O–H groups in total. The Hall–Kier alpha value is -1.74. The average Bonchev–Trinajstić information content (AvgIpc) is 2.48. The van der Waals surface area contributed by atoms with E-state index < -0.39 is 10.0 Å². The van der Waals surface area contributed by atoms with Crippen molar-refractivity contribution in [2.24, 2.45) is 5.14 Å². The molecule has 0 spiro atoms. The SMILES string of the molecule is CSC(=N)Nc1ccccc1Oc1ccc(S(N)(=O)=O)c(Cl)c1. The molecule has 0 aliphatic rings. The molecule has 2 aromatic rings. The number of ether oxygens (including phenoxy) is 1. The third kappa shape index (κ3) is 4.61. The predicted octanol–water partition coefficient (Wildman–Crippen LogP) is 3.49. The summed E-state index contributed by atoms with van der Waals surface area (Å²) in [5.74, 6) is 0.832. The van der Waals surface area contributed by atoms with Crippen LogP contribution in [0.15, 0.2) is 47.4 Å². The van der Waals surface area contributed by atoms with Gasteiger partial charge < -0.3 is 10.1 Å². The standard InChI is InChI=1S/C14H14ClN3O3S2/c1-22-14(16)18-11-4-2-3-5-12(11)21-9-6-7-13(10(15)8-9)23(17,19)20/h2-8H,1H3,(H2,16,18)(H2,17,19,20). The maximum Gasteiger partial charge on any atom is 0.239 e. The van der Waals surface area contributed by atoms with E-state index in [1.807, 2.05) is 0 Å². The molecule has 0 aliphatic carbocycles. The fourth-order valence-electron chi connectivity index (χ4n) is 1.74. The van der Waals surface area contributed by atoms with Crippen molar-refractivity contribution in [3.8, 4) is 11.5 Å². The van der Waals surface area contributed by atoms with Gasteiger partial charge in [-0.3, -0.25) is 5.41 Å². The molecule has 0 atom stereocenters. The lowest BCUT2D eigenvalue weighted by Crippen LogP contribution is -2.12. The van der Waals surface area contributed by atoms with Crippen LogP contribution in [0, 0.1) is 5.41 Å². The van der Waals surface area contributed by atoms with Crippen molar-refractivity contribution in [3.63, 3.8) is 0 Å². The number of nitrogens with two attached hydrogens (primary N) is 1. The molecule has 0 unspecified atom stereocenters. The molecule has 0 aliphatic heterocycles. The molecule has 122 valence electrons. The molecular formula is C14H14ClN3O3S2. The fourth-order valence-corrected chi connectivity index (χ4v) is 3.03. The van der Waals surface area contributed by atoms with Gasteiger partial charge in [0, 0.05) is 6.07 Å². The maximum absolute atomic E-state index is 11.3. The van der Waals surface area contributed by atoms with Crippen LogP contribution in [0.25, 0.3) is 0 Å². The first-order valence-electron chi connectivity index (χ1n) is 6.30. The smallest absolute Gasteiger partial charge is 0.239 e. The Morgan fingerprint density at radius 3 is 2.61 bits per heavy atom. The van der Waals surface area contributed by atoms with Crippen LogP contribution in [0.3, 0.4) is 0 Å². The highest BCUT2D eigenvalue weighted by molar-refractivity contribution is 8.13. The Morgan fingerprint density at radius 2 is 2.00 bits per heavy atom. The number of sulfonamides is 1. The molecule has 0 heterocycles. The fraction of sp³-hybridized carbons (Fsp3) is 0.0714. The van der Waals surface area contributed by atoms with Gasteiger partial charge in [0.15, 0.2) is 10.9 Å². The molecule has 23 heavy (non-hydrogen) atoms. The van der Waals surface area contributed by atoms with Crippen LogP contribution >= 0.6 is 23.4 Å². The summed E-state index contributed by atoms with van der Waals surface area (Å²) in [6, 6.07) is 11.2. The first-order valence-corrected chi connectivity index (χ1v) is 9.45. The monoisotopic (exact) mass is 371 g/mol. The topological polar surface area (TPSA) is 105 Å². The van der Waals surface area contributed by atoms with E-state index in [4.69, 9.17) is 26.9 Å². The highest BCUT2D eigenvalue weighted by Crippen LogP contribution is 2.32. The number of para-hydroxylation sites is 2. The van der Waals surface area contributed by atoms with Crippen LogP contribution in [0.5, 0.6) is 11.5 Å². The number of benzene rings is 2. The molecule has 0 saturated carbocycles. The molecule has 6 nitrogen and oxygen atoms in total. The largest absolute Gasteiger partial charge is 0.455 e. The van der Waals surface area contributed by atoms with E-state index in [0.717, 1.165) is 0 Å². The van der Waals surface area contributed by atoms with Crippen LogP contribution in [0.2, 0.25) is 5.02 Å². The van der Waals surface area contributed by atoms with Crippen LogP contribution in [0.1, 0.15) is 0 Å². The van der Waals surface area contributed by atoms with Gasteiger partial charge in [0.25, 0.3) is 0 Å². The molecule has 2 aromatic carbocycles. The number of nitrogens with one attached hydrogen (secondary N) is 2. The van der Waals surface area contributed by atoms with Crippen molar-refractivity contribution in [1.29, 1.82) is 5.41 Å². The van der Waals surface area contributed by atoms with Crippen molar-refractivity contribution in [1.82, 2.24) is 0 Å². The first-order chi connectivity index (χ1) is 10.8. The van der Waals surface area contributed by atoms with Gasteiger partial charge in [-0.1, -0.05) is 35.5 Å². The lowest BCUT2D eigenvalue weighted by molar-refractivity contribution is 0.484. The number of rotatable bonds is 4. The average molecular weight is 372 g/mol. The van der Waals surface area contributed by atoms with Gasteiger partial charge in [0.1, 0.15) is 10.6 Å². The Balaban J connectivity index is 2.30. The summed E-state index contributed by atoms with van der Waals surface area (Å²) in [6.45, 7) is 0. The molecule has 0 bridgehead atoms. The van der Waals surface area contributed by atoms with Crippen LogP contribution in [0.4, 0.5) is 5.69 Å². The summed E-state index contributed by atoms with van der Waals surface area (Å²) in [5.41, 5.74) is 0.610. The number of halogens is 1. The summed E-state index contributed by atoms with van der Waals surface area (Å²) in [5, 5.41) is 15.9. The van der Waals surface area contributed by atoms with Gasteiger partial charge in [-0.25, -0.2) is 13.6 Å². The Bertz CT molecular complexity index is 841. The van der Waals surface area contributed by atoms with E-state index in [9.17, 15) is 8.42 Å². The zero-order chi connectivity index (χ0) is 17.0. The van der Waals surface area contributed by atoms with E-state index in [-0.39, 0.29) is 15.1 Å². The normalized spacial score (nSPS) is 11.1. The minimum absolute atomic E-state index is 0.0210. The number of thioether (sulfide) groups is 1. The lowest BCUT2D eigenvalue weighted by Gasteiger charge is -2.13. The Labute approximate surface area is 143 Å². The summed E-state index contributed by atoms with van der Waals surface area (Å²) < 4.78 is 28.4. The highest BCUT2D eigenvalue weighted by Gasteiger charge is 2.14. The molecule has 0 radical (unpaired) electrons. The van der Waals surface area contributed by atoms with Crippen LogP contribution < -0.4 is 15.2 Å². The second-order valence-electron chi connectivity index (χ2n) is 4.39. The third-order valence-electron chi connectivity index (χ3n) is 2.78. The number of hydrogen-bond acceptors (Lipinski definition) is 5. The van der Waals surface area contributed by atoms with E-state index in [1.165, 1.54) is 30.0 Å². The van der Waals surface area contributed by atoms with Crippen molar-refractivity contribution in [3.05, 3.63) is 47.5 Å². The molecule has 2 rings (SSSR count). The van der Waals surface area contributed by atoms with Gasteiger partial charge >= 0.3 is 0 Å². The second kappa shape index (κ2) is 7.22. The van der Waals surface area contributed by atoms with E-state index in [2.05, 4.69) is 5.32 Å². The zero-order valence-electron chi connectivity index (χ0n) is 12.0. The highest BCUT2D eigenvalue weighted by atomic mass is 35.5. The number of amidine groups is 1. The molecule has 0 saturated heterocycles. The number of primary sulfonamides is 1.